The van der Waals surface area contributed by atoms with E-state index in [1.807, 2.05) is 43.5 Å². The van der Waals surface area contributed by atoms with Gasteiger partial charge in [0, 0.05) is 17.4 Å². The van der Waals surface area contributed by atoms with Crippen molar-refractivity contribution in [1.29, 1.82) is 0 Å². The summed E-state index contributed by atoms with van der Waals surface area (Å²) in [7, 11) is 0. The molecule has 0 aliphatic carbocycles. The average molecular weight is 290 g/mol. The van der Waals surface area contributed by atoms with Crippen molar-refractivity contribution in [3.8, 4) is 0 Å². The van der Waals surface area contributed by atoms with Crippen LogP contribution in [0.2, 0.25) is 5.02 Å². The first-order valence-electron chi connectivity index (χ1n) is 6.30. The number of carbonyl (C=O) groups is 1. The lowest BCUT2D eigenvalue weighted by molar-refractivity contribution is -0.117. The zero-order valence-corrected chi connectivity index (χ0v) is 11.9. The molecule has 0 aliphatic heterocycles. The molecule has 1 N–H and O–H groups in total. The Morgan fingerprint density at radius 3 is 2.80 bits per heavy atom. The molecule has 20 heavy (non-hydrogen) atoms. The third-order valence-electron chi connectivity index (χ3n) is 3.06. The lowest BCUT2D eigenvalue weighted by atomic mass is 10.0. The first kappa shape index (κ1) is 14.3. The first-order chi connectivity index (χ1) is 9.63. The molecule has 104 valence electrons. The van der Waals surface area contributed by atoms with Gasteiger partial charge in [0.1, 0.15) is 0 Å². The van der Waals surface area contributed by atoms with Gasteiger partial charge in [0.2, 0.25) is 5.91 Å². The zero-order valence-electron chi connectivity index (χ0n) is 11.2. The van der Waals surface area contributed by atoms with Crippen LogP contribution >= 0.6 is 11.6 Å². The molecule has 0 fully saturated rings. The Morgan fingerprint density at radius 2 is 2.20 bits per heavy atom. The maximum atomic E-state index is 11.5. The molecular weight excluding hydrogens is 274 g/mol. The minimum absolute atomic E-state index is 0.178. The Kier molecular flexibility index (Phi) is 4.58. The molecule has 2 atom stereocenters. The van der Waals surface area contributed by atoms with E-state index in [2.05, 4.69) is 17.0 Å². The predicted octanol–water partition coefficient (Wildman–Crippen LogP) is 2.82. The molecule has 0 saturated carbocycles. The Bertz CT molecular complexity index is 595. The van der Waals surface area contributed by atoms with Gasteiger partial charge in [-0.05, 0) is 30.7 Å². The molecule has 0 radical (unpaired) electrons. The van der Waals surface area contributed by atoms with Crippen LogP contribution in [0.3, 0.4) is 0 Å². The minimum Gasteiger partial charge on any atom is -0.348 e. The second kappa shape index (κ2) is 6.39. The molecule has 0 aliphatic rings. The van der Waals surface area contributed by atoms with E-state index >= 15 is 0 Å². The molecule has 5 heteroatoms. The third-order valence-corrected chi connectivity index (χ3v) is 3.41. The second-order valence-corrected chi connectivity index (χ2v) is 4.86. The van der Waals surface area contributed by atoms with Crippen LogP contribution in [-0.2, 0) is 4.79 Å². The molecule has 1 amide bonds. The van der Waals surface area contributed by atoms with Gasteiger partial charge in [-0.1, -0.05) is 36.4 Å². The third kappa shape index (κ3) is 3.08. The summed E-state index contributed by atoms with van der Waals surface area (Å²) in [5.41, 5.74) is 0.912. The van der Waals surface area contributed by atoms with Crippen LogP contribution in [0.5, 0.6) is 0 Å². The molecule has 1 aromatic heterocycles. The van der Waals surface area contributed by atoms with E-state index < -0.39 is 0 Å². The lowest BCUT2D eigenvalue weighted by Gasteiger charge is -2.26. The normalized spacial score (nSPS) is 13.5. The number of benzene rings is 1. The van der Waals surface area contributed by atoms with Crippen LogP contribution in [0, 0.1) is 0 Å². The minimum atomic E-state index is -0.221. The highest BCUT2D eigenvalue weighted by Crippen LogP contribution is 2.28. The van der Waals surface area contributed by atoms with Gasteiger partial charge in [-0.2, -0.15) is 5.10 Å². The maximum Gasteiger partial charge on any atom is 0.243 e. The number of rotatable bonds is 5. The van der Waals surface area contributed by atoms with Crippen LogP contribution in [0.4, 0.5) is 0 Å². The SMILES string of the molecule is C=CC(=O)NC(C)C(c1ccccc1Cl)n1cccn1. The predicted molar refractivity (Wildman–Crippen MR) is 79.6 cm³/mol. The van der Waals surface area contributed by atoms with Crippen LogP contribution in [0.25, 0.3) is 0 Å². The van der Waals surface area contributed by atoms with Crippen LogP contribution in [0.15, 0.2) is 55.4 Å². The summed E-state index contributed by atoms with van der Waals surface area (Å²) >= 11 is 6.28. The van der Waals surface area contributed by atoms with Gasteiger partial charge in [0.25, 0.3) is 0 Å². The van der Waals surface area contributed by atoms with Crippen molar-refractivity contribution in [3.63, 3.8) is 0 Å². The molecule has 1 heterocycles. The number of halogens is 1. The number of nitrogens with one attached hydrogen (secondary N) is 1. The van der Waals surface area contributed by atoms with Gasteiger partial charge in [-0.25, -0.2) is 0 Å². The molecule has 2 rings (SSSR count). The van der Waals surface area contributed by atoms with Gasteiger partial charge in [0.15, 0.2) is 0 Å². The standard InChI is InChI=1S/C15H16ClN3O/c1-3-14(20)18-11(2)15(19-10-6-9-17-19)12-7-4-5-8-13(12)16/h3-11,15H,1H2,2H3,(H,18,20). The Labute approximate surface area is 123 Å². The largest absolute Gasteiger partial charge is 0.348 e. The van der Waals surface area contributed by atoms with E-state index in [0.29, 0.717) is 5.02 Å². The topological polar surface area (TPSA) is 46.9 Å². The van der Waals surface area contributed by atoms with Crippen molar-refractivity contribution in [1.82, 2.24) is 15.1 Å². The number of carbonyl (C=O) groups excluding carboxylic acids is 1. The van der Waals surface area contributed by atoms with Crippen molar-refractivity contribution >= 4 is 17.5 Å². The van der Waals surface area contributed by atoms with Crippen LogP contribution in [-0.4, -0.2) is 21.7 Å². The summed E-state index contributed by atoms with van der Waals surface area (Å²) in [4.78, 5) is 11.5. The molecule has 1 aromatic carbocycles. The molecule has 4 nitrogen and oxygen atoms in total. The van der Waals surface area contributed by atoms with E-state index in [1.165, 1.54) is 6.08 Å². The smallest absolute Gasteiger partial charge is 0.243 e. The number of nitrogens with zero attached hydrogens (tertiary/aromatic N) is 2. The fourth-order valence-electron chi connectivity index (χ4n) is 2.16. The fraction of sp³-hybridized carbons (Fsp3) is 0.200. The highest BCUT2D eigenvalue weighted by molar-refractivity contribution is 6.31. The Hall–Kier alpha value is -2.07. The molecular formula is C15H16ClN3O. The van der Waals surface area contributed by atoms with Gasteiger partial charge < -0.3 is 5.32 Å². The van der Waals surface area contributed by atoms with E-state index in [-0.39, 0.29) is 18.0 Å². The van der Waals surface area contributed by atoms with Gasteiger partial charge in [-0.15, -0.1) is 0 Å². The maximum absolute atomic E-state index is 11.5. The monoisotopic (exact) mass is 289 g/mol. The van der Waals surface area contributed by atoms with E-state index in [0.717, 1.165) is 5.56 Å². The van der Waals surface area contributed by atoms with Crippen molar-refractivity contribution in [2.75, 3.05) is 0 Å². The van der Waals surface area contributed by atoms with E-state index in [1.54, 1.807) is 10.9 Å². The number of hydrogen-bond acceptors (Lipinski definition) is 2. The zero-order chi connectivity index (χ0) is 14.5. The molecule has 2 unspecified atom stereocenters. The molecule has 0 spiro atoms. The second-order valence-electron chi connectivity index (χ2n) is 4.45. The van der Waals surface area contributed by atoms with Crippen molar-refractivity contribution in [3.05, 3.63) is 66.0 Å². The van der Waals surface area contributed by atoms with Gasteiger partial charge in [-0.3, -0.25) is 9.48 Å². The van der Waals surface area contributed by atoms with Crippen LogP contribution < -0.4 is 5.32 Å². The van der Waals surface area contributed by atoms with E-state index in [9.17, 15) is 4.79 Å². The lowest BCUT2D eigenvalue weighted by Crippen LogP contribution is -2.39. The molecule has 0 saturated heterocycles. The summed E-state index contributed by atoms with van der Waals surface area (Å²) in [5.74, 6) is -0.221. The number of amides is 1. The summed E-state index contributed by atoms with van der Waals surface area (Å²) in [6.45, 7) is 5.38. The highest BCUT2D eigenvalue weighted by atomic mass is 35.5. The van der Waals surface area contributed by atoms with Crippen LogP contribution in [0.1, 0.15) is 18.5 Å². The Balaban J connectivity index is 2.38. The average Bonchev–Trinajstić information content (AvgIpc) is 2.95. The van der Waals surface area contributed by atoms with E-state index in [4.69, 9.17) is 11.6 Å². The van der Waals surface area contributed by atoms with Crippen molar-refractivity contribution < 1.29 is 4.79 Å². The van der Waals surface area contributed by atoms with Gasteiger partial charge in [0.05, 0.1) is 12.1 Å². The summed E-state index contributed by atoms with van der Waals surface area (Å²) in [6.07, 6.45) is 4.81. The fourth-order valence-corrected chi connectivity index (χ4v) is 2.41. The summed E-state index contributed by atoms with van der Waals surface area (Å²) < 4.78 is 1.79. The summed E-state index contributed by atoms with van der Waals surface area (Å²) in [5, 5.41) is 7.78. The van der Waals surface area contributed by atoms with Gasteiger partial charge >= 0.3 is 0 Å². The molecule has 2 aromatic rings. The first-order valence-corrected chi connectivity index (χ1v) is 6.67. The van der Waals surface area contributed by atoms with Crippen molar-refractivity contribution in [2.45, 2.75) is 19.0 Å². The summed E-state index contributed by atoms with van der Waals surface area (Å²) in [6, 6.07) is 9.04. The quantitative estimate of drug-likeness (QED) is 0.861. The number of hydrogen-bond donors (Lipinski definition) is 1. The number of aromatic nitrogens is 2. The van der Waals surface area contributed by atoms with Crippen molar-refractivity contribution in [2.24, 2.45) is 0 Å². The Morgan fingerprint density at radius 1 is 1.45 bits per heavy atom. The molecule has 0 bridgehead atoms. The highest BCUT2D eigenvalue weighted by Gasteiger charge is 2.24.